The quantitative estimate of drug-likeness (QED) is 0.112. The van der Waals surface area contributed by atoms with Gasteiger partial charge in [-0.1, -0.05) is 36.9 Å². The van der Waals surface area contributed by atoms with Gasteiger partial charge in [0.05, 0.1) is 12.2 Å². The van der Waals surface area contributed by atoms with Crippen molar-refractivity contribution in [2.24, 2.45) is 22.7 Å². The minimum Gasteiger partial charge on any atom is -0.460 e. The maximum atomic E-state index is 17.8. The first-order valence-electron chi connectivity index (χ1n) is 24.3. The largest absolute Gasteiger partial charge is 0.460 e. The van der Waals surface area contributed by atoms with Gasteiger partial charge < -0.3 is 40.4 Å². The number of Topliss-reactive ketones (excluding diaryl/α,β-unsaturated/α-hetero) is 1. The minimum absolute atomic E-state index is 0.00966. The van der Waals surface area contributed by atoms with Crippen LogP contribution in [0.5, 0.6) is 0 Å². The van der Waals surface area contributed by atoms with E-state index in [0.29, 0.717) is 11.3 Å². The Bertz CT molecular complexity index is 2670. The van der Waals surface area contributed by atoms with Crippen LogP contribution < -0.4 is 16.0 Å². The van der Waals surface area contributed by atoms with Gasteiger partial charge in [-0.25, -0.2) is 8.78 Å². The SMILES string of the molecule is C[C@H](NC(=O)[C@H](CCC(=O)OC(C)(C)C)NC(=O)CCN1C(=O)C=CC1=O)C(=O)Nc1ccc(Sc2ccc([C@@H]3O[C@@H]4C[C@H]5[C@@H]6C[C@H](F)C7=CC(=O)C=C[C@]7(C)[C@@]6(F)[C@@H](O)C[C@]5(C)[C@]4(C(=O)CO)O3)cc2)cc1. The number of ether oxygens (including phenoxy) is 3. The van der Waals surface area contributed by atoms with Crippen molar-refractivity contribution in [1.29, 1.82) is 0 Å². The van der Waals surface area contributed by atoms with Crippen LogP contribution >= 0.6 is 11.8 Å². The fourth-order valence-corrected chi connectivity index (χ4v) is 12.7. The van der Waals surface area contributed by atoms with Crippen molar-refractivity contribution in [3.63, 3.8) is 0 Å². The zero-order valence-corrected chi connectivity index (χ0v) is 42.1. The number of nitrogens with one attached hydrogen (secondary N) is 3. The summed E-state index contributed by atoms with van der Waals surface area (Å²) in [6.45, 7) is 8.60. The predicted molar refractivity (Wildman–Crippen MR) is 258 cm³/mol. The van der Waals surface area contributed by atoms with Gasteiger partial charge >= 0.3 is 5.97 Å². The predicted octanol–water partition coefficient (Wildman–Crippen LogP) is 4.85. The molecule has 0 spiro atoms. The Morgan fingerprint density at radius 1 is 0.904 bits per heavy atom. The fourth-order valence-electron chi connectivity index (χ4n) is 11.8. The first-order valence-corrected chi connectivity index (χ1v) is 25.1. The van der Waals surface area contributed by atoms with Crippen LogP contribution in [-0.2, 0) is 52.6 Å². The van der Waals surface area contributed by atoms with E-state index < -0.39 is 130 Å². The van der Waals surface area contributed by atoms with Crippen molar-refractivity contribution in [3.8, 4) is 0 Å². The molecule has 1 saturated heterocycles. The highest BCUT2D eigenvalue weighted by atomic mass is 32.2. The van der Waals surface area contributed by atoms with Crippen LogP contribution in [0, 0.1) is 22.7 Å². The van der Waals surface area contributed by atoms with E-state index in [9.17, 15) is 48.6 Å². The third kappa shape index (κ3) is 9.83. The van der Waals surface area contributed by atoms with Crippen LogP contribution in [0.3, 0.4) is 0 Å². The van der Waals surface area contributed by atoms with E-state index in [1.54, 1.807) is 64.1 Å². The average Bonchev–Trinajstić information content (AvgIpc) is 3.96. The molecule has 4 fully saturated rings. The van der Waals surface area contributed by atoms with Gasteiger partial charge in [-0.05, 0) is 120 Å². The number of ketones is 2. The second-order valence-corrected chi connectivity index (χ2v) is 22.2. The Morgan fingerprint density at radius 2 is 1.55 bits per heavy atom. The summed E-state index contributed by atoms with van der Waals surface area (Å²) in [6, 6.07) is 11.7. The molecular formula is C53H60F2N4O13S. The molecule has 390 valence electrons. The Hall–Kier alpha value is -5.93. The van der Waals surface area contributed by atoms with Gasteiger partial charge in [0.1, 0.15) is 30.5 Å². The molecule has 3 saturated carbocycles. The normalized spacial score (nSPS) is 31.9. The first kappa shape index (κ1) is 53.4. The van der Waals surface area contributed by atoms with Crippen LogP contribution in [-0.4, -0.2) is 123 Å². The molecule has 5 amide bonds. The Morgan fingerprint density at radius 3 is 2.18 bits per heavy atom. The zero-order chi connectivity index (χ0) is 53.0. The standard InChI is InChI=1S/C53H60F2N4O13S/c1-28(56-47(69)38(15-18-45(67)71-49(2,3)4)58-42(64)20-22-59-43(65)16-17-44(59)66)46(68)57-30-9-13-33(14-10-30)73-32-11-7-29(8-12-32)48-70-41-25-34-35-24-37(54)36-23-31(61)19-21-50(36,5)52(35,55)39(62)26-51(34,6)53(41,72-48)40(63)27-60/h7-14,16-17,19,21,23,28,34-35,37-39,41,48,60,62H,15,18,20,22,24-27H2,1-6H3,(H,56,69)(H,57,68)(H,58,64)/t28-,34-,35-,37-,38-,39-,41+,48+,50-,51-,52-,53+/m0/s1. The molecule has 8 rings (SSSR count). The van der Waals surface area contributed by atoms with E-state index in [2.05, 4.69) is 16.0 Å². The molecule has 20 heteroatoms. The van der Waals surface area contributed by atoms with Crippen molar-refractivity contribution in [2.75, 3.05) is 18.5 Å². The molecule has 0 radical (unpaired) electrons. The monoisotopic (exact) mass is 1030 g/mol. The highest BCUT2D eigenvalue weighted by Gasteiger charge is 2.80. The summed E-state index contributed by atoms with van der Waals surface area (Å²) in [7, 11) is 0. The van der Waals surface area contributed by atoms with E-state index in [4.69, 9.17) is 14.2 Å². The first-order chi connectivity index (χ1) is 34.3. The van der Waals surface area contributed by atoms with E-state index in [-0.39, 0.29) is 50.6 Å². The molecule has 0 unspecified atom stereocenters. The summed E-state index contributed by atoms with van der Waals surface area (Å²) < 4.78 is 52.2. The minimum atomic E-state index is -2.37. The Labute approximate surface area is 424 Å². The second-order valence-electron chi connectivity index (χ2n) is 21.1. The number of benzene rings is 2. The van der Waals surface area contributed by atoms with Gasteiger partial charge in [-0.15, -0.1) is 0 Å². The lowest BCUT2D eigenvalue weighted by Gasteiger charge is -2.63. The third-order valence-electron chi connectivity index (χ3n) is 15.4. The number of rotatable bonds is 16. The molecule has 4 aliphatic carbocycles. The number of fused-ring (bicyclic) bond motifs is 7. The summed E-state index contributed by atoms with van der Waals surface area (Å²) in [5, 5.41) is 30.0. The van der Waals surface area contributed by atoms with Gasteiger partial charge in [0.15, 0.2) is 29.1 Å². The maximum Gasteiger partial charge on any atom is 0.306 e. The van der Waals surface area contributed by atoms with Crippen molar-refractivity contribution < 1.29 is 71.6 Å². The van der Waals surface area contributed by atoms with Crippen LogP contribution in [0.1, 0.15) is 91.9 Å². The molecule has 17 nitrogen and oxygen atoms in total. The van der Waals surface area contributed by atoms with Gasteiger partial charge in [-0.3, -0.25) is 43.3 Å². The smallest absolute Gasteiger partial charge is 0.306 e. The summed E-state index contributed by atoms with van der Waals surface area (Å²) >= 11 is 1.40. The molecule has 0 aromatic heterocycles. The number of halogens is 2. The number of nitrogens with zero attached hydrogens (tertiary/aromatic N) is 1. The van der Waals surface area contributed by atoms with Crippen molar-refractivity contribution >= 4 is 64.5 Å². The van der Waals surface area contributed by atoms with E-state index in [1.165, 1.54) is 37.8 Å². The maximum absolute atomic E-state index is 17.8. The number of aliphatic hydroxyl groups excluding tert-OH is 2. The van der Waals surface area contributed by atoms with Crippen LogP contribution in [0.4, 0.5) is 14.5 Å². The lowest BCUT2D eigenvalue weighted by atomic mass is 9.44. The number of carbonyl (C=O) groups excluding carboxylic acids is 8. The number of esters is 1. The van der Waals surface area contributed by atoms with Crippen LogP contribution in [0.2, 0.25) is 0 Å². The van der Waals surface area contributed by atoms with E-state index in [1.807, 2.05) is 12.1 Å². The number of aliphatic hydroxyl groups is 2. The number of hydrogen-bond acceptors (Lipinski definition) is 14. The number of imide groups is 1. The number of alkyl halides is 2. The van der Waals surface area contributed by atoms with Gasteiger partial charge in [0.25, 0.3) is 11.8 Å². The molecule has 0 bridgehead atoms. The zero-order valence-electron chi connectivity index (χ0n) is 41.3. The third-order valence-corrected chi connectivity index (χ3v) is 16.4. The number of allylic oxidation sites excluding steroid dienone is 4. The molecule has 12 atom stereocenters. The molecule has 73 heavy (non-hydrogen) atoms. The average molecular weight is 1030 g/mol. The van der Waals surface area contributed by atoms with Gasteiger partial charge in [0, 0.05) is 69.3 Å². The number of amides is 5. The van der Waals surface area contributed by atoms with E-state index >= 15 is 8.78 Å². The number of carbonyl (C=O) groups is 8. The summed E-state index contributed by atoms with van der Waals surface area (Å²) in [5.74, 6) is -6.62. The molecule has 2 aliphatic heterocycles. The van der Waals surface area contributed by atoms with Crippen LogP contribution in [0.25, 0.3) is 0 Å². The van der Waals surface area contributed by atoms with Crippen LogP contribution in [0.15, 0.2) is 94.3 Å². The summed E-state index contributed by atoms with van der Waals surface area (Å²) in [4.78, 5) is 105. The fraction of sp³-hybridized carbons (Fsp3) is 0.509. The summed E-state index contributed by atoms with van der Waals surface area (Å²) in [6.07, 6.45) is -0.645. The number of hydrogen-bond donors (Lipinski definition) is 5. The van der Waals surface area contributed by atoms with E-state index in [0.717, 1.165) is 32.9 Å². The van der Waals surface area contributed by atoms with Gasteiger partial charge in [0.2, 0.25) is 17.7 Å². The Kier molecular flexibility index (Phi) is 14.7. The topological polar surface area (TPSA) is 244 Å². The second kappa shape index (κ2) is 20.1. The molecular weight excluding hydrogens is 971 g/mol. The molecule has 2 aromatic carbocycles. The van der Waals surface area contributed by atoms with Gasteiger partial charge in [-0.2, -0.15) is 0 Å². The van der Waals surface area contributed by atoms with Crippen molar-refractivity contribution in [3.05, 3.63) is 90.0 Å². The number of anilines is 1. The summed E-state index contributed by atoms with van der Waals surface area (Å²) in [5.41, 5.74) is -6.85. The molecule has 2 heterocycles. The lowest BCUT2D eigenvalue weighted by molar-refractivity contribution is -0.235. The molecule has 2 aromatic rings. The Balaban J connectivity index is 0.874. The van der Waals surface area contributed by atoms with Crippen molar-refractivity contribution in [2.45, 2.75) is 143 Å². The molecule has 5 N–H and O–H groups in total. The highest BCUT2D eigenvalue weighted by Crippen LogP contribution is 2.72. The highest BCUT2D eigenvalue weighted by molar-refractivity contribution is 7.99. The lowest BCUT2D eigenvalue weighted by Crippen LogP contribution is -2.70. The van der Waals surface area contributed by atoms with Crippen molar-refractivity contribution in [1.82, 2.24) is 15.5 Å². The molecule has 6 aliphatic rings.